The number of aromatic amines is 1. The lowest BCUT2D eigenvalue weighted by Gasteiger charge is -2.08. The zero-order chi connectivity index (χ0) is 22.4. The molecule has 3 amide bonds. The molecule has 0 aliphatic carbocycles. The van der Waals surface area contributed by atoms with E-state index in [2.05, 4.69) is 15.6 Å². The van der Waals surface area contributed by atoms with Gasteiger partial charge in [-0.25, -0.2) is 0 Å². The lowest BCUT2D eigenvalue weighted by atomic mass is 10.1. The molecule has 1 heterocycles. The number of hydrogen-bond acceptors (Lipinski definition) is 4. The van der Waals surface area contributed by atoms with Crippen LogP contribution in [0.3, 0.4) is 0 Å². The molecule has 158 valence electrons. The number of H-pyrrole nitrogens is 1. The highest BCUT2D eigenvalue weighted by Crippen LogP contribution is 2.17. The maximum atomic E-state index is 12.4. The van der Waals surface area contributed by atoms with Gasteiger partial charge in [0.15, 0.2) is 0 Å². The second kappa shape index (κ2) is 9.53. The van der Waals surface area contributed by atoms with Gasteiger partial charge in [-0.05, 0) is 48.4 Å². The van der Waals surface area contributed by atoms with Crippen LogP contribution in [0, 0.1) is 6.92 Å². The second-order valence-electron chi connectivity index (χ2n) is 7.01. The minimum Gasteiger partial charge on any atom is -0.368 e. The van der Waals surface area contributed by atoms with Crippen molar-refractivity contribution < 1.29 is 14.4 Å². The van der Waals surface area contributed by atoms with Gasteiger partial charge in [0.05, 0.1) is 6.54 Å². The molecular weight excluding hydrogens is 396 g/mol. The van der Waals surface area contributed by atoms with Gasteiger partial charge in [-0.3, -0.25) is 19.2 Å². The van der Waals surface area contributed by atoms with Gasteiger partial charge in [-0.2, -0.15) is 0 Å². The Balaban J connectivity index is 1.62. The minimum atomic E-state index is -0.630. The number of nitrogens with one attached hydrogen (secondary N) is 3. The SMILES string of the molecule is Cc1cccc(-c2ccc(C(=O)NCc3ccc(C(=O)NCC(N)=O)cc3)c(=O)[nH]2)c1. The number of primary amides is 1. The topological polar surface area (TPSA) is 134 Å². The molecule has 0 saturated carbocycles. The van der Waals surface area contributed by atoms with E-state index in [0.29, 0.717) is 11.3 Å². The van der Waals surface area contributed by atoms with Crippen molar-refractivity contribution >= 4 is 17.7 Å². The first-order chi connectivity index (χ1) is 14.8. The fourth-order valence-corrected chi connectivity index (χ4v) is 2.95. The highest BCUT2D eigenvalue weighted by molar-refractivity contribution is 5.96. The van der Waals surface area contributed by atoms with E-state index in [1.165, 1.54) is 6.07 Å². The first-order valence-electron chi connectivity index (χ1n) is 9.57. The number of benzene rings is 2. The number of carbonyl (C=O) groups is 3. The summed E-state index contributed by atoms with van der Waals surface area (Å²) in [6.45, 7) is 1.90. The molecule has 0 atom stereocenters. The molecule has 0 spiro atoms. The van der Waals surface area contributed by atoms with Crippen LogP contribution in [0.25, 0.3) is 11.3 Å². The standard InChI is InChI=1S/C23H22N4O4/c1-14-3-2-4-17(11-14)19-10-9-18(23(31)27-19)22(30)25-12-15-5-7-16(8-6-15)21(29)26-13-20(24)28/h2-11H,12-13H2,1H3,(H2,24,28)(H,25,30)(H,26,29)(H,27,31). The molecule has 0 aliphatic rings. The summed E-state index contributed by atoms with van der Waals surface area (Å²) in [6, 6.07) is 17.4. The molecule has 5 N–H and O–H groups in total. The van der Waals surface area contributed by atoms with E-state index in [1.807, 2.05) is 31.2 Å². The van der Waals surface area contributed by atoms with Crippen molar-refractivity contribution in [2.45, 2.75) is 13.5 Å². The Morgan fingerprint density at radius 1 is 0.935 bits per heavy atom. The van der Waals surface area contributed by atoms with E-state index in [1.54, 1.807) is 30.3 Å². The summed E-state index contributed by atoms with van der Waals surface area (Å²) in [5.41, 5.74) is 8.20. The number of rotatable bonds is 7. The zero-order valence-electron chi connectivity index (χ0n) is 16.9. The van der Waals surface area contributed by atoms with E-state index < -0.39 is 23.3 Å². The van der Waals surface area contributed by atoms with Crippen molar-refractivity contribution in [2.24, 2.45) is 5.73 Å². The molecule has 3 rings (SSSR count). The van der Waals surface area contributed by atoms with Crippen LogP contribution in [-0.2, 0) is 11.3 Å². The van der Waals surface area contributed by atoms with Crippen LogP contribution in [0.15, 0.2) is 65.5 Å². The maximum absolute atomic E-state index is 12.4. The third-order valence-electron chi connectivity index (χ3n) is 4.58. The molecule has 0 fully saturated rings. The van der Waals surface area contributed by atoms with Gasteiger partial charge in [0.1, 0.15) is 5.56 Å². The van der Waals surface area contributed by atoms with E-state index >= 15 is 0 Å². The second-order valence-corrected chi connectivity index (χ2v) is 7.01. The highest BCUT2D eigenvalue weighted by Gasteiger charge is 2.12. The fraction of sp³-hybridized carbons (Fsp3) is 0.130. The molecule has 0 bridgehead atoms. The summed E-state index contributed by atoms with van der Waals surface area (Å²) in [6.07, 6.45) is 0. The van der Waals surface area contributed by atoms with Crippen LogP contribution < -0.4 is 21.9 Å². The summed E-state index contributed by atoms with van der Waals surface area (Å²) in [5.74, 6) is -1.55. The molecule has 31 heavy (non-hydrogen) atoms. The molecule has 8 nitrogen and oxygen atoms in total. The summed E-state index contributed by atoms with van der Waals surface area (Å²) >= 11 is 0. The van der Waals surface area contributed by atoms with Crippen molar-refractivity contribution in [1.29, 1.82) is 0 Å². The van der Waals surface area contributed by atoms with Gasteiger partial charge >= 0.3 is 0 Å². The summed E-state index contributed by atoms with van der Waals surface area (Å²) < 4.78 is 0. The van der Waals surface area contributed by atoms with Crippen molar-refractivity contribution in [3.05, 3.63) is 93.3 Å². The predicted octanol–water partition coefficient (Wildman–Crippen LogP) is 1.50. The Hall–Kier alpha value is -4.20. The Morgan fingerprint density at radius 2 is 1.68 bits per heavy atom. The number of hydrogen-bond donors (Lipinski definition) is 4. The first kappa shape index (κ1) is 21.5. The van der Waals surface area contributed by atoms with Crippen LogP contribution >= 0.6 is 0 Å². The van der Waals surface area contributed by atoms with Crippen LogP contribution in [-0.4, -0.2) is 29.3 Å². The number of aryl methyl sites for hydroxylation is 1. The van der Waals surface area contributed by atoms with Crippen LogP contribution in [0.2, 0.25) is 0 Å². The van der Waals surface area contributed by atoms with Gasteiger partial charge in [-0.15, -0.1) is 0 Å². The molecule has 1 aromatic heterocycles. The van der Waals surface area contributed by atoms with Crippen molar-refractivity contribution in [3.8, 4) is 11.3 Å². The number of pyridine rings is 1. The molecule has 0 unspecified atom stereocenters. The third kappa shape index (κ3) is 5.66. The van der Waals surface area contributed by atoms with Crippen molar-refractivity contribution in [1.82, 2.24) is 15.6 Å². The normalized spacial score (nSPS) is 10.4. The van der Waals surface area contributed by atoms with Gasteiger partial charge in [0.25, 0.3) is 17.4 Å². The zero-order valence-corrected chi connectivity index (χ0v) is 16.9. The lowest BCUT2D eigenvalue weighted by Crippen LogP contribution is -2.33. The van der Waals surface area contributed by atoms with Crippen molar-refractivity contribution in [2.75, 3.05) is 6.54 Å². The van der Waals surface area contributed by atoms with E-state index in [9.17, 15) is 19.2 Å². The molecule has 3 aromatic rings. The van der Waals surface area contributed by atoms with E-state index in [4.69, 9.17) is 5.73 Å². The molecular formula is C23H22N4O4. The Labute approximate surface area is 178 Å². The van der Waals surface area contributed by atoms with E-state index in [-0.39, 0.29) is 18.7 Å². The van der Waals surface area contributed by atoms with Crippen LogP contribution in [0.1, 0.15) is 31.8 Å². The monoisotopic (exact) mass is 418 g/mol. The summed E-state index contributed by atoms with van der Waals surface area (Å²) in [4.78, 5) is 50.2. The third-order valence-corrected chi connectivity index (χ3v) is 4.58. The average molecular weight is 418 g/mol. The molecule has 0 saturated heterocycles. The largest absolute Gasteiger partial charge is 0.368 e. The minimum absolute atomic E-state index is 0.0128. The smallest absolute Gasteiger partial charge is 0.261 e. The maximum Gasteiger partial charge on any atom is 0.261 e. The molecule has 8 heteroatoms. The number of aromatic nitrogens is 1. The first-order valence-corrected chi connectivity index (χ1v) is 9.57. The summed E-state index contributed by atoms with van der Waals surface area (Å²) in [5, 5.41) is 5.09. The van der Waals surface area contributed by atoms with E-state index in [0.717, 1.165) is 16.7 Å². The van der Waals surface area contributed by atoms with Gasteiger partial charge < -0.3 is 21.4 Å². The lowest BCUT2D eigenvalue weighted by molar-refractivity contribution is -0.117. The highest BCUT2D eigenvalue weighted by atomic mass is 16.2. The Morgan fingerprint density at radius 3 is 2.32 bits per heavy atom. The van der Waals surface area contributed by atoms with Crippen LogP contribution in [0.4, 0.5) is 0 Å². The Kier molecular flexibility index (Phi) is 6.61. The predicted molar refractivity (Wildman–Crippen MR) is 116 cm³/mol. The average Bonchev–Trinajstić information content (AvgIpc) is 2.76. The quantitative estimate of drug-likeness (QED) is 0.462. The van der Waals surface area contributed by atoms with Crippen LogP contribution in [0.5, 0.6) is 0 Å². The number of amides is 3. The summed E-state index contributed by atoms with van der Waals surface area (Å²) in [7, 11) is 0. The fourth-order valence-electron chi connectivity index (χ4n) is 2.95. The van der Waals surface area contributed by atoms with Gasteiger partial charge in [0, 0.05) is 17.8 Å². The number of carbonyl (C=O) groups excluding carboxylic acids is 3. The molecule has 0 aliphatic heterocycles. The van der Waals surface area contributed by atoms with Crippen molar-refractivity contribution in [3.63, 3.8) is 0 Å². The molecule has 0 radical (unpaired) electrons. The van der Waals surface area contributed by atoms with Gasteiger partial charge in [-0.1, -0.05) is 35.9 Å². The van der Waals surface area contributed by atoms with Gasteiger partial charge in [0.2, 0.25) is 5.91 Å². The Bertz CT molecular complexity index is 1180. The number of nitrogens with two attached hydrogens (primary N) is 1. The molecule has 2 aromatic carbocycles.